The van der Waals surface area contributed by atoms with Gasteiger partial charge < -0.3 is 14.8 Å². The molecule has 0 aliphatic rings. The van der Waals surface area contributed by atoms with Gasteiger partial charge >= 0.3 is 0 Å². The maximum absolute atomic E-state index is 5.54. The Morgan fingerprint density at radius 1 is 1.32 bits per heavy atom. The first-order valence-corrected chi connectivity index (χ1v) is 7.89. The van der Waals surface area contributed by atoms with E-state index >= 15 is 0 Å². The molecule has 0 saturated heterocycles. The van der Waals surface area contributed by atoms with Gasteiger partial charge in [0.25, 0.3) is 0 Å². The van der Waals surface area contributed by atoms with Gasteiger partial charge in [0.15, 0.2) is 0 Å². The zero-order chi connectivity index (χ0) is 13.9. The summed E-state index contributed by atoms with van der Waals surface area (Å²) < 4.78 is 11.0. The van der Waals surface area contributed by atoms with Gasteiger partial charge in [-0.1, -0.05) is 20.8 Å². The summed E-state index contributed by atoms with van der Waals surface area (Å²) in [6.07, 6.45) is 1.15. The average molecular weight is 286 g/mol. The van der Waals surface area contributed by atoms with Crippen molar-refractivity contribution in [1.82, 2.24) is 10.3 Å². The molecule has 0 saturated carbocycles. The fourth-order valence-corrected chi connectivity index (χ4v) is 2.23. The molecule has 0 fully saturated rings. The van der Waals surface area contributed by atoms with Crippen LogP contribution in [0.25, 0.3) is 0 Å². The van der Waals surface area contributed by atoms with Crippen LogP contribution < -0.4 is 5.32 Å². The highest BCUT2D eigenvalue weighted by Crippen LogP contribution is 2.10. The standard InChI is InChI=1S/C14H26N2O2S/c1-4-5-15-8-14-16-13(11-19-14)10-18-7-6-17-9-12(2)3/h11-12,15H,4-10H2,1-3H3. The molecule has 0 aliphatic carbocycles. The number of hydrogen-bond donors (Lipinski definition) is 1. The molecule has 1 N–H and O–H groups in total. The molecular formula is C14H26N2O2S. The van der Waals surface area contributed by atoms with Gasteiger partial charge in [0.05, 0.1) is 25.5 Å². The minimum Gasteiger partial charge on any atom is -0.379 e. The number of thiazole rings is 1. The smallest absolute Gasteiger partial charge is 0.107 e. The van der Waals surface area contributed by atoms with Gasteiger partial charge in [0.2, 0.25) is 0 Å². The second-order valence-electron chi connectivity index (χ2n) is 4.93. The summed E-state index contributed by atoms with van der Waals surface area (Å²) in [5, 5.41) is 6.54. The molecule has 5 heteroatoms. The number of nitrogens with one attached hydrogen (secondary N) is 1. The van der Waals surface area contributed by atoms with E-state index in [-0.39, 0.29) is 0 Å². The Balaban J connectivity index is 2.06. The van der Waals surface area contributed by atoms with Crippen LogP contribution in [0, 0.1) is 5.92 Å². The van der Waals surface area contributed by atoms with Crippen LogP contribution in [-0.2, 0) is 22.6 Å². The monoisotopic (exact) mass is 286 g/mol. The van der Waals surface area contributed by atoms with Crippen LogP contribution in [-0.4, -0.2) is 31.3 Å². The highest BCUT2D eigenvalue weighted by molar-refractivity contribution is 7.09. The Bertz CT molecular complexity index is 329. The first-order valence-electron chi connectivity index (χ1n) is 7.01. The van der Waals surface area contributed by atoms with Crippen molar-refractivity contribution < 1.29 is 9.47 Å². The van der Waals surface area contributed by atoms with Gasteiger partial charge in [-0.15, -0.1) is 11.3 Å². The SMILES string of the molecule is CCCNCc1nc(COCCOCC(C)C)cs1. The Morgan fingerprint density at radius 3 is 2.84 bits per heavy atom. The average Bonchev–Trinajstić information content (AvgIpc) is 2.81. The minimum atomic E-state index is 0.579. The summed E-state index contributed by atoms with van der Waals surface area (Å²) in [5.74, 6) is 0.580. The molecule has 4 nitrogen and oxygen atoms in total. The van der Waals surface area contributed by atoms with E-state index in [4.69, 9.17) is 9.47 Å². The van der Waals surface area contributed by atoms with Crippen LogP contribution in [0.3, 0.4) is 0 Å². The van der Waals surface area contributed by atoms with Gasteiger partial charge in [-0.05, 0) is 18.9 Å². The fraction of sp³-hybridized carbons (Fsp3) is 0.786. The first kappa shape index (κ1) is 16.6. The zero-order valence-corrected chi connectivity index (χ0v) is 13.1. The molecule has 0 spiro atoms. The van der Waals surface area contributed by atoms with E-state index in [1.807, 2.05) is 0 Å². The minimum absolute atomic E-state index is 0.579. The molecule has 110 valence electrons. The van der Waals surface area contributed by atoms with E-state index in [9.17, 15) is 0 Å². The fourth-order valence-electron chi connectivity index (χ4n) is 1.48. The van der Waals surface area contributed by atoms with Gasteiger partial charge in [-0.2, -0.15) is 0 Å². The molecule has 0 atom stereocenters. The molecule has 1 aromatic heterocycles. The van der Waals surface area contributed by atoms with Gasteiger partial charge in [0.1, 0.15) is 5.01 Å². The van der Waals surface area contributed by atoms with E-state index in [0.717, 1.165) is 36.8 Å². The third kappa shape index (κ3) is 8.31. The van der Waals surface area contributed by atoms with Crippen molar-refractivity contribution in [2.24, 2.45) is 5.92 Å². The summed E-state index contributed by atoms with van der Waals surface area (Å²) in [5.41, 5.74) is 1.02. The first-order chi connectivity index (χ1) is 9.22. The molecule has 0 aliphatic heterocycles. The van der Waals surface area contributed by atoms with E-state index in [1.54, 1.807) is 11.3 Å². The third-order valence-corrected chi connectivity index (χ3v) is 3.27. The maximum atomic E-state index is 5.54. The summed E-state index contributed by atoms with van der Waals surface area (Å²) in [7, 11) is 0. The Morgan fingerprint density at radius 2 is 2.11 bits per heavy atom. The molecule has 0 radical (unpaired) electrons. The molecule has 1 rings (SSSR count). The van der Waals surface area contributed by atoms with Crippen molar-refractivity contribution in [3.05, 3.63) is 16.1 Å². The van der Waals surface area contributed by atoms with Crippen LogP contribution in [0.5, 0.6) is 0 Å². The Labute approximate surface area is 120 Å². The second kappa shape index (κ2) is 10.3. The summed E-state index contributed by atoms with van der Waals surface area (Å²) in [6, 6.07) is 0. The third-order valence-electron chi connectivity index (χ3n) is 2.38. The van der Waals surface area contributed by atoms with Gasteiger partial charge in [0, 0.05) is 18.5 Å². The van der Waals surface area contributed by atoms with Crippen molar-refractivity contribution in [3.63, 3.8) is 0 Å². The molecule has 0 amide bonds. The van der Waals surface area contributed by atoms with E-state index in [0.29, 0.717) is 25.7 Å². The predicted octanol–water partition coefficient (Wildman–Crippen LogP) is 2.83. The molecule has 0 unspecified atom stereocenters. The van der Waals surface area contributed by atoms with Crippen LogP contribution in [0.1, 0.15) is 37.9 Å². The van der Waals surface area contributed by atoms with Gasteiger partial charge in [-0.3, -0.25) is 0 Å². The lowest BCUT2D eigenvalue weighted by atomic mass is 10.2. The molecule has 19 heavy (non-hydrogen) atoms. The van der Waals surface area contributed by atoms with E-state index in [1.165, 1.54) is 0 Å². The van der Waals surface area contributed by atoms with Crippen LogP contribution in [0.2, 0.25) is 0 Å². The molecular weight excluding hydrogens is 260 g/mol. The van der Waals surface area contributed by atoms with Crippen LogP contribution in [0.15, 0.2) is 5.38 Å². The number of aromatic nitrogens is 1. The lowest BCUT2D eigenvalue weighted by molar-refractivity contribution is 0.0306. The molecule has 0 bridgehead atoms. The quantitative estimate of drug-likeness (QED) is 0.635. The lowest BCUT2D eigenvalue weighted by Gasteiger charge is -2.06. The number of rotatable bonds is 11. The van der Waals surface area contributed by atoms with E-state index in [2.05, 4.69) is 36.5 Å². The topological polar surface area (TPSA) is 43.4 Å². The summed E-state index contributed by atoms with van der Waals surface area (Å²) >= 11 is 1.69. The van der Waals surface area contributed by atoms with Crippen molar-refractivity contribution >= 4 is 11.3 Å². The summed E-state index contributed by atoms with van der Waals surface area (Å²) in [4.78, 5) is 4.52. The van der Waals surface area contributed by atoms with Gasteiger partial charge in [-0.25, -0.2) is 4.98 Å². The predicted molar refractivity (Wildman–Crippen MR) is 79.4 cm³/mol. The Kier molecular flexibility index (Phi) is 8.99. The van der Waals surface area contributed by atoms with Crippen molar-refractivity contribution in [2.45, 2.75) is 40.3 Å². The van der Waals surface area contributed by atoms with Crippen molar-refractivity contribution in [2.75, 3.05) is 26.4 Å². The van der Waals surface area contributed by atoms with Crippen LogP contribution >= 0.6 is 11.3 Å². The van der Waals surface area contributed by atoms with Crippen molar-refractivity contribution in [3.8, 4) is 0 Å². The number of hydrogen-bond acceptors (Lipinski definition) is 5. The number of ether oxygens (including phenoxy) is 2. The normalized spacial score (nSPS) is 11.4. The maximum Gasteiger partial charge on any atom is 0.107 e. The highest BCUT2D eigenvalue weighted by Gasteiger charge is 2.02. The second-order valence-corrected chi connectivity index (χ2v) is 5.87. The van der Waals surface area contributed by atoms with Crippen LogP contribution in [0.4, 0.5) is 0 Å². The largest absolute Gasteiger partial charge is 0.379 e. The zero-order valence-electron chi connectivity index (χ0n) is 12.3. The lowest BCUT2D eigenvalue weighted by Crippen LogP contribution is -2.13. The molecule has 0 aromatic carbocycles. The van der Waals surface area contributed by atoms with Crippen molar-refractivity contribution in [1.29, 1.82) is 0 Å². The molecule has 1 heterocycles. The Hall–Kier alpha value is -0.490. The highest BCUT2D eigenvalue weighted by atomic mass is 32.1. The molecule has 1 aromatic rings. The van der Waals surface area contributed by atoms with E-state index < -0.39 is 0 Å². The summed E-state index contributed by atoms with van der Waals surface area (Å²) in [6.45, 7) is 11.0. The number of nitrogens with zero attached hydrogens (tertiary/aromatic N) is 1.